The summed E-state index contributed by atoms with van der Waals surface area (Å²) >= 11 is 3.64. The molecule has 0 spiro atoms. The summed E-state index contributed by atoms with van der Waals surface area (Å²) < 4.78 is 0. The standard InChI is InChI=1S/C10H18N2S2/c1-8(13-3)4-5-11-9(2)10-12-6-7-14-10/h6-9,11H,4-5H2,1-3H3. The summed E-state index contributed by atoms with van der Waals surface area (Å²) in [6.45, 7) is 5.51. The average Bonchev–Trinajstić information content (AvgIpc) is 2.70. The van der Waals surface area contributed by atoms with Gasteiger partial charge in [0.15, 0.2) is 0 Å². The second-order valence-electron chi connectivity index (χ2n) is 3.38. The summed E-state index contributed by atoms with van der Waals surface area (Å²) in [6.07, 6.45) is 5.24. The Kier molecular flexibility index (Phi) is 5.52. The van der Waals surface area contributed by atoms with Gasteiger partial charge in [-0.15, -0.1) is 11.3 Å². The fraction of sp³-hybridized carbons (Fsp3) is 0.700. The second-order valence-corrected chi connectivity index (χ2v) is 5.58. The van der Waals surface area contributed by atoms with Crippen LogP contribution in [0.5, 0.6) is 0 Å². The van der Waals surface area contributed by atoms with Gasteiger partial charge in [0, 0.05) is 16.8 Å². The second kappa shape index (κ2) is 6.43. The Bertz CT molecular complexity index is 236. The number of rotatable bonds is 6. The first-order valence-corrected chi connectivity index (χ1v) is 7.06. The van der Waals surface area contributed by atoms with Gasteiger partial charge in [-0.2, -0.15) is 11.8 Å². The van der Waals surface area contributed by atoms with Gasteiger partial charge in [-0.05, 0) is 26.1 Å². The van der Waals surface area contributed by atoms with Gasteiger partial charge >= 0.3 is 0 Å². The summed E-state index contributed by atoms with van der Waals surface area (Å²) in [6, 6.07) is 0.393. The summed E-state index contributed by atoms with van der Waals surface area (Å²) in [5, 5.41) is 7.43. The zero-order valence-electron chi connectivity index (χ0n) is 8.99. The molecular formula is C10H18N2S2. The highest BCUT2D eigenvalue weighted by atomic mass is 32.2. The molecule has 0 aliphatic rings. The minimum absolute atomic E-state index is 0.393. The van der Waals surface area contributed by atoms with Crippen LogP contribution in [0.1, 0.15) is 31.3 Å². The molecule has 1 aromatic rings. The molecule has 2 unspecified atom stereocenters. The van der Waals surface area contributed by atoms with Gasteiger partial charge in [-0.1, -0.05) is 6.92 Å². The average molecular weight is 230 g/mol. The maximum atomic E-state index is 4.28. The fourth-order valence-electron chi connectivity index (χ4n) is 1.16. The van der Waals surface area contributed by atoms with Crippen molar-refractivity contribution in [3.8, 4) is 0 Å². The molecule has 0 fully saturated rings. The van der Waals surface area contributed by atoms with Crippen LogP contribution in [0, 0.1) is 0 Å². The Hall–Kier alpha value is -0.0600. The lowest BCUT2D eigenvalue weighted by atomic mass is 10.3. The molecule has 0 aromatic carbocycles. The van der Waals surface area contributed by atoms with Crippen molar-refractivity contribution in [1.82, 2.24) is 10.3 Å². The van der Waals surface area contributed by atoms with Crippen molar-refractivity contribution in [1.29, 1.82) is 0 Å². The first-order valence-electron chi connectivity index (χ1n) is 4.89. The number of thiazole rings is 1. The highest BCUT2D eigenvalue weighted by Gasteiger charge is 2.07. The van der Waals surface area contributed by atoms with Crippen LogP contribution in [0.25, 0.3) is 0 Å². The number of hydrogen-bond acceptors (Lipinski definition) is 4. The Labute approximate surface area is 94.5 Å². The van der Waals surface area contributed by atoms with E-state index in [9.17, 15) is 0 Å². The van der Waals surface area contributed by atoms with Crippen LogP contribution in [-0.2, 0) is 0 Å². The molecule has 0 radical (unpaired) electrons. The van der Waals surface area contributed by atoms with Crippen LogP contribution in [0.3, 0.4) is 0 Å². The van der Waals surface area contributed by atoms with E-state index in [0.717, 1.165) is 11.8 Å². The monoisotopic (exact) mass is 230 g/mol. The predicted octanol–water partition coefficient (Wildman–Crippen LogP) is 2.94. The van der Waals surface area contributed by atoms with E-state index in [-0.39, 0.29) is 0 Å². The molecular weight excluding hydrogens is 212 g/mol. The molecule has 2 nitrogen and oxygen atoms in total. The van der Waals surface area contributed by atoms with E-state index in [0.29, 0.717) is 6.04 Å². The van der Waals surface area contributed by atoms with Crippen molar-refractivity contribution in [2.75, 3.05) is 12.8 Å². The van der Waals surface area contributed by atoms with E-state index >= 15 is 0 Å². The molecule has 4 heteroatoms. The normalized spacial score (nSPS) is 15.4. The lowest BCUT2D eigenvalue weighted by Crippen LogP contribution is -2.21. The minimum Gasteiger partial charge on any atom is -0.308 e. The van der Waals surface area contributed by atoms with Crippen molar-refractivity contribution in [2.24, 2.45) is 0 Å². The van der Waals surface area contributed by atoms with Crippen LogP contribution in [0.4, 0.5) is 0 Å². The molecule has 0 bridgehead atoms. The van der Waals surface area contributed by atoms with Gasteiger partial charge in [0.25, 0.3) is 0 Å². The molecule has 0 aliphatic carbocycles. The summed E-state index contributed by atoms with van der Waals surface area (Å²) in [5.74, 6) is 0. The first-order chi connectivity index (χ1) is 6.74. The molecule has 1 aromatic heterocycles. The minimum atomic E-state index is 0.393. The molecule has 0 aliphatic heterocycles. The molecule has 0 amide bonds. The van der Waals surface area contributed by atoms with Crippen molar-refractivity contribution < 1.29 is 0 Å². The molecule has 14 heavy (non-hydrogen) atoms. The maximum absolute atomic E-state index is 4.28. The SMILES string of the molecule is CSC(C)CCNC(C)c1nccs1. The molecule has 0 saturated heterocycles. The van der Waals surface area contributed by atoms with E-state index in [1.807, 2.05) is 23.3 Å². The lowest BCUT2D eigenvalue weighted by Gasteiger charge is -2.13. The quantitative estimate of drug-likeness (QED) is 0.813. The van der Waals surface area contributed by atoms with E-state index in [2.05, 4.69) is 30.4 Å². The number of nitrogens with one attached hydrogen (secondary N) is 1. The Balaban J connectivity index is 2.19. The largest absolute Gasteiger partial charge is 0.308 e. The van der Waals surface area contributed by atoms with Crippen LogP contribution < -0.4 is 5.32 Å². The Morgan fingerprint density at radius 1 is 1.57 bits per heavy atom. The van der Waals surface area contributed by atoms with E-state index < -0.39 is 0 Å². The first kappa shape index (κ1) is 12.0. The smallest absolute Gasteiger partial charge is 0.109 e. The Morgan fingerprint density at radius 3 is 2.93 bits per heavy atom. The van der Waals surface area contributed by atoms with Gasteiger partial charge < -0.3 is 5.32 Å². The fourth-order valence-corrected chi connectivity index (χ4v) is 2.18. The lowest BCUT2D eigenvalue weighted by molar-refractivity contribution is 0.555. The van der Waals surface area contributed by atoms with Gasteiger partial charge in [-0.25, -0.2) is 4.98 Å². The van der Waals surface area contributed by atoms with Gasteiger partial charge in [0.05, 0.1) is 6.04 Å². The number of aromatic nitrogens is 1. The third kappa shape index (κ3) is 3.98. The number of thioether (sulfide) groups is 1. The van der Waals surface area contributed by atoms with Gasteiger partial charge in [-0.3, -0.25) is 0 Å². The zero-order valence-corrected chi connectivity index (χ0v) is 10.6. The zero-order chi connectivity index (χ0) is 10.4. The van der Waals surface area contributed by atoms with Crippen LogP contribution >= 0.6 is 23.1 Å². The highest BCUT2D eigenvalue weighted by Crippen LogP contribution is 2.15. The predicted molar refractivity (Wildman–Crippen MR) is 66.1 cm³/mol. The van der Waals surface area contributed by atoms with Crippen molar-refractivity contribution in [2.45, 2.75) is 31.6 Å². The molecule has 80 valence electrons. The topological polar surface area (TPSA) is 24.9 Å². The van der Waals surface area contributed by atoms with Crippen molar-refractivity contribution >= 4 is 23.1 Å². The third-order valence-corrected chi connectivity index (χ3v) is 4.22. The molecule has 1 N–H and O–H groups in total. The number of hydrogen-bond donors (Lipinski definition) is 1. The molecule has 1 rings (SSSR count). The summed E-state index contributed by atoms with van der Waals surface area (Å²) in [4.78, 5) is 4.28. The van der Waals surface area contributed by atoms with E-state index in [1.54, 1.807) is 11.3 Å². The van der Waals surface area contributed by atoms with Crippen LogP contribution in [-0.4, -0.2) is 23.0 Å². The Morgan fingerprint density at radius 2 is 2.36 bits per heavy atom. The third-order valence-electron chi connectivity index (χ3n) is 2.23. The highest BCUT2D eigenvalue weighted by molar-refractivity contribution is 7.99. The van der Waals surface area contributed by atoms with Crippen molar-refractivity contribution in [3.05, 3.63) is 16.6 Å². The number of nitrogens with zero attached hydrogens (tertiary/aromatic N) is 1. The molecule has 2 atom stereocenters. The van der Waals surface area contributed by atoms with E-state index in [1.165, 1.54) is 11.4 Å². The van der Waals surface area contributed by atoms with Gasteiger partial charge in [0.2, 0.25) is 0 Å². The van der Waals surface area contributed by atoms with E-state index in [4.69, 9.17) is 0 Å². The molecule has 1 heterocycles. The summed E-state index contributed by atoms with van der Waals surface area (Å²) in [5.41, 5.74) is 0. The summed E-state index contributed by atoms with van der Waals surface area (Å²) in [7, 11) is 0. The van der Waals surface area contributed by atoms with Crippen LogP contribution in [0.2, 0.25) is 0 Å². The van der Waals surface area contributed by atoms with Crippen molar-refractivity contribution in [3.63, 3.8) is 0 Å². The maximum Gasteiger partial charge on any atom is 0.109 e. The van der Waals surface area contributed by atoms with Gasteiger partial charge in [0.1, 0.15) is 5.01 Å². The van der Waals surface area contributed by atoms with Crippen LogP contribution in [0.15, 0.2) is 11.6 Å². The molecule has 0 saturated carbocycles.